The Kier molecular flexibility index (Phi) is 5.73. The Balaban J connectivity index is 1.53. The summed E-state index contributed by atoms with van der Waals surface area (Å²) in [6, 6.07) is 11.2. The van der Waals surface area contributed by atoms with Crippen LogP contribution >= 0.6 is 0 Å². The van der Waals surface area contributed by atoms with Crippen molar-refractivity contribution in [2.75, 3.05) is 18.5 Å². The van der Waals surface area contributed by atoms with Crippen molar-refractivity contribution in [2.45, 2.75) is 38.5 Å². The van der Waals surface area contributed by atoms with Gasteiger partial charge in [-0.05, 0) is 31.4 Å². The van der Waals surface area contributed by atoms with Gasteiger partial charge in [0.15, 0.2) is 0 Å². The lowest BCUT2D eigenvalue weighted by Gasteiger charge is -2.23. The van der Waals surface area contributed by atoms with Crippen molar-refractivity contribution in [1.82, 2.24) is 20.1 Å². The summed E-state index contributed by atoms with van der Waals surface area (Å²) in [6.45, 7) is 3.09. The quantitative estimate of drug-likeness (QED) is 0.616. The van der Waals surface area contributed by atoms with Crippen LogP contribution in [-0.4, -0.2) is 39.1 Å². The van der Waals surface area contributed by atoms with Gasteiger partial charge in [0.1, 0.15) is 5.82 Å². The molecule has 29 heavy (non-hydrogen) atoms. The molecule has 3 aromatic rings. The highest BCUT2D eigenvalue weighted by molar-refractivity contribution is 5.92. The van der Waals surface area contributed by atoms with Gasteiger partial charge in [-0.2, -0.15) is 5.10 Å². The van der Waals surface area contributed by atoms with E-state index < -0.39 is 0 Å². The standard InChI is InChI=1S/C21H25N5O3/c1-14(15-5-3-2-4-6-15)23-21(28)25-19-11-16-12-22-26(17-7-9-29-10-8-17)20(16)18(13-27)24-19/h2-6,11-12,14,17,27H,7-10,13H2,1H3,(H2,23,24,25,28). The monoisotopic (exact) mass is 395 g/mol. The van der Waals surface area contributed by atoms with Crippen LogP contribution in [0.3, 0.4) is 0 Å². The molecule has 1 atom stereocenters. The number of carbonyl (C=O) groups excluding carboxylic acids is 1. The van der Waals surface area contributed by atoms with Gasteiger partial charge in [-0.3, -0.25) is 10.00 Å². The first-order valence-electron chi connectivity index (χ1n) is 9.84. The molecule has 4 rings (SSSR count). The van der Waals surface area contributed by atoms with E-state index in [9.17, 15) is 9.90 Å². The number of ether oxygens (including phenoxy) is 1. The maximum atomic E-state index is 12.4. The Morgan fingerprint density at radius 2 is 2.07 bits per heavy atom. The first kappa shape index (κ1) is 19.4. The third kappa shape index (κ3) is 4.23. The van der Waals surface area contributed by atoms with Crippen LogP contribution in [0.4, 0.5) is 10.6 Å². The molecular weight excluding hydrogens is 370 g/mol. The van der Waals surface area contributed by atoms with E-state index in [1.165, 1.54) is 0 Å². The predicted octanol–water partition coefficient (Wildman–Crippen LogP) is 3.16. The molecule has 1 aliphatic rings. The van der Waals surface area contributed by atoms with Crippen LogP contribution in [0, 0.1) is 0 Å². The molecule has 1 aromatic carbocycles. The molecule has 2 amide bonds. The molecule has 3 N–H and O–H groups in total. The van der Waals surface area contributed by atoms with E-state index in [1.54, 1.807) is 12.3 Å². The highest BCUT2D eigenvalue weighted by Crippen LogP contribution is 2.28. The lowest BCUT2D eigenvalue weighted by atomic mass is 10.1. The lowest BCUT2D eigenvalue weighted by molar-refractivity contribution is 0.0674. The number of benzene rings is 1. The minimum absolute atomic E-state index is 0.145. The first-order chi connectivity index (χ1) is 14.2. The number of fused-ring (bicyclic) bond motifs is 1. The van der Waals surface area contributed by atoms with Crippen molar-refractivity contribution in [1.29, 1.82) is 0 Å². The minimum Gasteiger partial charge on any atom is -0.390 e. The average Bonchev–Trinajstić information content (AvgIpc) is 3.18. The zero-order valence-electron chi connectivity index (χ0n) is 16.3. The fraction of sp³-hybridized carbons (Fsp3) is 0.381. The van der Waals surface area contributed by atoms with E-state index in [1.807, 2.05) is 41.9 Å². The summed E-state index contributed by atoms with van der Waals surface area (Å²) in [5.74, 6) is 0.380. The number of hydrogen-bond acceptors (Lipinski definition) is 5. The number of hydrogen-bond donors (Lipinski definition) is 3. The summed E-state index contributed by atoms with van der Waals surface area (Å²) in [7, 11) is 0. The number of amides is 2. The Bertz CT molecular complexity index is 983. The summed E-state index contributed by atoms with van der Waals surface area (Å²) in [5, 5.41) is 20.9. The van der Waals surface area contributed by atoms with Crippen molar-refractivity contribution in [3.05, 3.63) is 53.9 Å². The van der Waals surface area contributed by atoms with E-state index in [0.717, 1.165) is 29.3 Å². The van der Waals surface area contributed by atoms with Crippen LogP contribution < -0.4 is 10.6 Å². The van der Waals surface area contributed by atoms with Gasteiger partial charge in [-0.25, -0.2) is 9.78 Å². The third-order valence-electron chi connectivity index (χ3n) is 5.22. The highest BCUT2D eigenvalue weighted by Gasteiger charge is 2.21. The van der Waals surface area contributed by atoms with Crippen molar-refractivity contribution < 1.29 is 14.6 Å². The summed E-state index contributed by atoms with van der Waals surface area (Å²) < 4.78 is 7.36. The Morgan fingerprint density at radius 1 is 1.31 bits per heavy atom. The molecular formula is C21H25N5O3. The molecule has 0 radical (unpaired) electrons. The Labute approximate surface area is 168 Å². The van der Waals surface area contributed by atoms with Crippen LogP contribution in [0.15, 0.2) is 42.6 Å². The fourth-order valence-electron chi connectivity index (χ4n) is 3.71. The van der Waals surface area contributed by atoms with E-state index in [2.05, 4.69) is 20.7 Å². The van der Waals surface area contributed by atoms with E-state index >= 15 is 0 Å². The SMILES string of the molecule is CC(NC(=O)Nc1cc2cnn(C3CCOCC3)c2c(CO)n1)c1ccccc1. The zero-order chi connectivity index (χ0) is 20.2. The van der Waals surface area contributed by atoms with Gasteiger partial charge in [0.2, 0.25) is 0 Å². The summed E-state index contributed by atoms with van der Waals surface area (Å²) in [6.07, 6.45) is 3.50. The van der Waals surface area contributed by atoms with Gasteiger partial charge in [0, 0.05) is 18.6 Å². The molecule has 1 unspecified atom stereocenters. The number of nitrogens with zero attached hydrogens (tertiary/aromatic N) is 3. The molecule has 1 aliphatic heterocycles. The maximum absolute atomic E-state index is 12.4. The molecule has 1 saturated heterocycles. The average molecular weight is 395 g/mol. The topological polar surface area (TPSA) is 101 Å². The van der Waals surface area contributed by atoms with Crippen LogP contribution in [0.1, 0.15) is 43.1 Å². The number of nitrogens with one attached hydrogen (secondary N) is 2. The fourth-order valence-corrected chi connectivity index (χ4v) is 3.71. The smallest absolute Gasteiger partial charge is 0.320 e. The number of rotatable bonds is 5. The minimum atomic E-state index is -0.353. The van der Waals surface area contributed by atoms with Crippen LogP contribution in [-0.2, 0) is 11.3 Å². The maximum Gasteiger partial charge on any atom is 0.320 e. The molecule has 8 heteroatoms. The van der Waals surface area contributed by atoms with Gasteiger partial charge < -0.3 is 15.2 Å². The second-order valence-electron chi connectivity index (χ2n) is 7.21. The molecule has 8 nitrogen and oxygen atoms in total. The van der Waals surface area contributed by atoms with E-state index in [0.29, 0.717) is 24.7 Å². The largest absolute Gasteiger partial charge is 0.390 e. The molecule has 3 heterocycles. The molecule has 0 spiro atoms. The van der Waals surface area contributed by atoms with Crippen molar-refractivity contribution in [2.24, 2.45) is 0 Å². The highest BCUT2D eigenvalue weighted by atomic mass is 16.5. The third-order valence-corrected chi connectivity index (χ3v) is 5.22. The zero-order valence-corrected chi connectivity index (χ0v) is 16.3. The first-order valence-corrected chi connectivity index (χ1v) is 9.84. The van der Waals surface area contributed by atoms with Crippen molar-refractivity contribution in [3.63, 3.8) is 0 Å². The van der Waals surface area contributed by atoms with Crippen LogP contribution in [0.2, 0.25) is 0 Å². The summed E-state index contributed by atoms with van der Waals surface area (Å²) >= 11 is 0. The number of aliphatic hydroxyl groups excluding tert-OH is 1. The van der Waals surface area contributed by atoms with Gasteiger partial charge in [0.05, 0.1) is 36.1 Å². The van der Waals surface area contributed by atoms with Crippen molar-refractivity contribution >= 4 is 22.8 Å². The number of pyridine rings is 1. The molecule has 0 bridgehead atoms. The summed E-state index contributed by atoms with van der Waals surface area (Å²) in [4.78, 5) is 16.9. The van der Waals surface area contributed by atoms with E-state index in [4.69, 9.17) is 4.74 Å². The lowest BCUT2D eigenvalue weighted by Crippen LogP contribution is -2.31. The summed E-state index contributed by atoms with van der Waals surface area (Å²) in [5.41, 5.74) is 2.32. The number of anilines is 1. The van der Waals surface area contributed by atoms with Crippen molar-refractivity contribution in [3.8, 4) is 0 Å². The number of aliphatic hydroxyl groups is 1. The number of carbonyl (C=O) groups is 1. The van der Waals surface area contributed by atoms with Gasteiger partial charge >= 0.3 is 6.03 Å². The number of urea groups is 1. The Morgan fingerprint density at radius 3 is 2.79 bits per heavy atom. The second kappa shape index (κ2) is 8.59. The molecule has 152 valence electrons. The van der Waals surface area contributed by atoms with Gasteiger partial charge in [-0.1, -0.05) is 30.3 Å². The molecule has 0 saturated carbocycles. The molecule has 1 fully saturated rings. The molecule has 0 aliphatic carbocycles. The molecule has 2 aromatic heterocycles. The van der Waals surface area contributed by atoms with Crippen LogP contribution in [0.25, 0.3) is 10.9 Å². The van der Waals surface area contributed by atoms with Gasteiger partial charge in [0.25, 0.3) is 0 Å². The predicted molar refractivity (Wildman–Crippen MR) is 110 cm³/mol. The van der Waals surface area contributed by atoms with Crippen LogP contribution in [0.5, 0.6) is 0 Å². The van der Waals surface area contributed by atoms with E-state index in [-0.39, 0.29) is 24.7 Å². The second-order valence-corrected chi connectivity index (χ2v) is 7.21. The normalized spacial score (nSPS) is 15.9. The van der Waals surface area contributed by atoms with Gasteiger partial charge in [-0.15, -0.1) is 0 Å². The Hall–Kier alpha value is -2.97. The number of aromatic nitrogens is 3.